The van der Waals surface area contributed by atoms with Gasteiger partial charge in [-0.05, 0) is 25.1 Å². The predicted octanol–water partition coefficient (Wildman–Crippen LogP) is 1.45. The minimum Gasteiger partial charge on any atom is -0.334 e. The number of anilines is 2. The molecule has 0 N–H and O–H groups in total. The third kappa shape index (κ3) is 2.43. The van der Waals surface area contributed by atoms with Crippen molar-refractivity contribution in [3.63, 3.8) is 0 Å². The fraction of sp³-hybridized carbons (Fsp3) is 0.190. The average molecular weight is 390 g/mol. The fourth-order valence-electron chi connectivity index (χ4n) is 3.67. The summed E-state index contributed by atoms with van der Waals surface area (Å²) in [4.78, 5) is 34.9. The summed E-state index contributed by atoms with van der Waals surface area (Å²) in [6.07, 6.45) is 0. The van der Waals surface area contributed by atoms with Gasteiger partial charge in [-0.1, -0.05) is 47.2 Å². The van der Waals surface area contributed by atoms with Crippen molar-refractivity contribution in [3.05, 3.63) is 79.3 Å². The molecule has 28 heavy (non-hydrogen) atoms. The highest BCUT2D eigenvalue weighted by Crippen LogP contribution is 2.33. The first-order chi connectivity index (χ1) is 13.5. The molecule has 0 aliphatic carbocycles. The first kappa shape index (κ1) is 16.9. The summed E-state index contributed by atoms with van der Waals surface area (Å²) in [5.74, 6) is -0.145. The maximum absolute atomic E-state index is 13.2. The van der Waals surface area contributed by atoms with E-state index >= 15 is 0 Å². The summed E-state index contributed by atoms with van der Waals surface area (Å²) >= 11 is 1.30. The molecular weight excluding hydrogens is 372 g/mol. The summed E-state index contributed by atoms with van der Waals surface area (Å²) in [6, 6.07) is 15.7. The van der Waals surface area contributed by atoms with Gasteiger partial charge in [0.25, 0.3) is 11.5 Å². The van der Waals surface area contributed by atoms with Crippen LogP contribution >= 0.6 is 11.3 Å². The molecule has 3 aromatic rings. The van der Waals surface area contributed by atoms with Crippen molar-refractivity contribution < 1.29 is 4.79 Å². The van der Waals surface area contributed by atoms with E-state index in [1.54, 1.807) is 16.5 Å². The van der Waals surface area contributed by atoms with Gasteiger partial charge in [-0.25, -0.2) is 4.99 Å². The van der Waals surface area contributed by atoms with Gasteiger partial charge in [0, 0.05) is 18.3 Å². The van der Waals surface area contributed by atoms with Gasteiger partial charge >= 0.3 is 0 Å². The quantitative estimate of drug-likeness (QED) is 0.632. The first-order valence-electron chi connectivity index (χ1n) is 9.02. The van der Waals surface area contributed by atoms with Crippen LogP contribution in [0.4, 0.5) is 11.4 Å². The number of amides is 1. The lowest BCUT2D eigenvalue weighted by Gasteiger charge is -2.25. The molecule has 0 spiro atoms. The third-order valence-corrected chi connectivity index (χ3v) is 6.35. The Morgan fingerprint density at radius 3 is 2.57 bits per heavy atom. The van der Waals surface area contributed by atoms with E-state index in [2.05, 4.69) is 4.99 Å². The number of rotatable bonds is 1. The summed E-state index contributed by atoms with van der Waals surface area (Å²) in [6.45, 7) is 2.96. The number of nitrogens with zero attached hydrogens (tertiary/aromatic N) is 4. The maximum atomic E-state index is 13.2. The van der Waals surface area contributed by atoms with Crippen molar-refractivity contribution in [2.75, 3.05) is 23.5 Å². The van der Waals surface area contributed by atoms with Crippen LogP contribution in [-0.4, -0.2) is 24.2 Å². The Bertz CT molecular complexity index is 1290. The number of carbonyl (C=O) groups excluding carboxylic acids is 1. The van der Waals surface area contributed by atoms with E-state index in [0.717, 1.165) is 16.9 Å². The van der Waals surface area contributed by atoms with Crippen LogP contribution in [0.25, 0.3) is 5.57 Å². The molecule has 0 bridgehead atoms. The number of carbonyl (C=O) groups is 1. The van der Waals surface area contributed by atoms with Crippen LogP contribution in [0.5, 0.6) is 0 Å². The molecule has 2 aromatic carbocycles. The van der Waals surface area contributed by atoms with Crippen LogP contribution in [0.2, 0.25) is 0 Å². The van der Waals surface area contributed by atoms with Crippen molar-refractivity contribution in [1.82, 2.24) is 4.57 Å². The molecule has 0 fully saturated rings. The van der Waals surface area contributed by atoms with Gasteiger partial charge in [-0.2, -0.15) is 0 Å². The summed E-state index contributed by atoms with van der Waals surface area (Å²) in [5.41, 5.74) is 4.17. The second-order valence-electron chi connectivity index (χ2n) is 7.02. The molecule has 5 rings (SSSR count). The van der Waals surface area contributed by atoms with Crippen molar-refractivity contribution in [2.45, 2.75) is 13.6 Å². The second kappa shape index (κ2) is 6.17. The highest BCUT2D eigenvalue weighted by molar-refractivity contribution is 7.07. The minimum absolute atomic E-state index is 0.145. The normalized spacial score (nSPS) is 17.4. The summed E-state index contributed by atoms with van der Waals surface area (Å²) in [7, 11) is 1.74. The van der Waals surface area contributed by atoms with Gasteiger partial charge in [-0.15, -0.1) is 0 Å². The number of fused-ring (bicyclic) bond motifs is 2. The molecule has 7 heteroatoms. The SMILES string of the molecule is Cc1ccc(N2CN=c3sc(=C4C(=O)N(C)c5ccccc54)c(=O)n3C2)cc1. The molecule has 3 heterocycles. The van der Waals surface area contributed by atoms with Gasteiger partial charge in [0.05, 0.1) is 11.3 Å². The predicted molar refractivity (Wildman–Crippen MR) is 110 cm³/mol. The second-order valence-corrected chi connectivity index (χ2v) is 8.00. The van der Waals surface area contributed by atoms with E-state index in [-0.39, 0.29) is 11.5 Å². The van der Waals surface area contributed by atoms with Crippen molar-refractivity contribution in [3.8, 4) is 0 Å². The summed E-state index contributed by atoms with van der Waals surface area (Å²) < 4.78 is 2.12. The van der Waals surface area contributed by atoms with Gasteiger partial charge in [0.1, 0.15) is 17.9 Å². The first-order valence-corrected chi connectivity index (χ1v) is 9.84. The number of likely N-dealkylation sites (N-methyl/N-ethyl adjacent to an activating group) is 1. The third-order valence-electron chi connectivity index (χ3n) is 5.23. The molecule has 2 aliphatic rings. The monoisotopic (exact) mass is 390 g/mol. The lowest BCUT2D eigenvalue weighted by atomic mass is 10.1. The van der Waals surface area contributed by atoms with Gasteiger partial charge < -0.3 is 9.80 Å². The molecule has 140 valence electrons. The lowest BCUT2D eigenvalue weighted by Crippen LogP contribution is -2.43. The van der Waals surface area contributed by atoms with E-state index < -0.39 is 0 Å². The number of aromatic nitrogens is 1. The molecule has 0 radical (unpaired) electrons. The zero-order valence-corrected chi connectivity index (χ0v) is 16.4. The van der Waals surface area contributed by atoms with Gasteiger partial charge in [0.2, 0.25) is 0 Å². The van der Waals surface area contributed by atoms with Crippen LogP contribution < -0.4 is 24.7 Å². The Kier molecular flexibility index (Phi) is 3.73. The highest BCUT2D eigenvalue weighted by atomic mass is 32.1. The Balaban J connectivity index is 1.66. The molecule has 0 saturated carbocycles. The maximum Gasteiger partial charge on any atom is 0.272 e. The zero-order chi connectivity index (χ0) is 19.4. The van der Waals surface area contributed by atoms with Crippen LogP contribution in [0.15, 0.2) is 58.3 Å². The number of para-hydroxylation sites is 1. The smallest absolute Gasteiger partial charge is 0.272 e. The zero-order valence-electron chi connectivity index (χ0n) is 15.5. The van der Waals surface area contributed by atoms with Crippen LogP contribution in [0, 0.1) is 6.92 Å². The molecule has 2 aliphatic heterocycles. The molecule has 1 aromatic heterocycles. The molecular formula is C21H18N4O2S. The largest absolute Gasteiger partial charge is 0.334 e. The van der Waals surface area contributed by atoms with E-state index in [0.29, 0.717) is 28.2 Å². The fourth-order valence-corrected chi connectivity index (χ4v) is 4.72. The number of benzene rings is 2. The number of hydrogen-bond donors (Lipinski definition) is 0. The van der Waals surface area contributed by atoms with Crippen LogP contribution in [-0.2, 0) is 11.5 Å². The van der Waals surface area contributed by atoms with E-state index in [4.69, 9.17) is 0 Å². The Labute approximate surface area is 165 Å². The van der Waals surface area contributed by atoms with Crippen molar-refractivity contribution in [1.29, 1.82) is 0 Å². The average Bonchev–Trinajstić information content (AvgIpc) is 3.16. The van der Waals surface area contributed by atoms with E-state index in [9.17, 15) is 9.59 Å². The van der Waals surface area contributed by atoms with Crippen LogP contribution in [0.3, 0.4) is 0 Å². The van der Waals surface area contributed by atoms with Crippen molar-refractivity contribution in [2.24, 2.45) is 4.99 Å². The Morgan fingerprint density at radius 1 is 1.04 bits per heavy atom. The van der Waals surface area contributed by atoms with Crippen LogP contribution in [0.1, 0.15) is 11.1 Å². The number of thiazole rings is 1. The number of hydrogen-bond acceptors (Lipinski definition) is 5. The molecule has 0 atom stereocenters. The Morgan fingerprint density at radius 2 is 1.79 bits per heavy atom. The van der Waals surface area contributed by atoms with E-state index in [1.165, 1.54) is 16.9 Å². The molecule has 0 saturated heterocycles. The van der Waals surface area contributed by atoms with Crippen molar-refractivity contribution >= 4 is 34.2 Å². The molecule has 0 unspecified atom stereocenters. The van der Waals surface area contributed by atoms with E-state index in [1.807, 2.05) is 60.4 Å². The number of aryl methyl sites for hydroxylation is 1. The summed E-state index contributed by atoms with van der Waals surface area (Å²) in [5, 5.41) is 0. The minimum atomic E-state index is -0.158. The highest BCUT2D eigenvalue weighted by Gasteiger charge is 2.32. The van der Waals surface area contributed by atoms with Gasteiger partial charge in [0.15, 0.2) is 4.80 Å². The molecule has 6 nitrogen and oxygen atoms in total. The van der Waals surface area contributed by atoms with Gasteiger partial charge in [-0.3, -0.25) is 14.2 Å². The lowest BCUT2D eigenvalue weighted by molar-refractivity contribution is -0.112. The Hall–Kier alpha value is -3.19. The standard InChI is InChI=1S/C21H18N4O2S/c1-13-7-9-14(10-8-13)24-11-22-21-25(12-24)20(27)18(28-21)17-15-5-3-4-6-16(15)23(2)19(17)26/h3-10H,11-12H2,1-2H3. The topological polar surface area (TPSA) is 57.9 Å². The molecule has 1 amide bonds.